The molecule has 5 nitrogen and oxygen atoms in total. The maximum absolute atomic E-state index is 13.8. The topological polar surface area (TPSA) is 66.8 Å². The van der Waals surface area contributed by atoms with Crippen LogP contribution in [0.5, 0.6) is 11.5 Å². The van der Waals surface area contributed by atoms with Crippen LogP contribution in [-0.2, 0) is 11.3 Å². The Kier molecular flexibility index (Phi) is 5.33. The van der Waals surface area contributed by atoms with Gasteiger partial charge in [-0.25, -0.2) is 4.39 Å². The standard InChI is InChI=1S/C18H13BrFNO4S/c1-25-14-7-10(6-12(19)16(14)22)8-15-17(23)21(18(24)26-15)9-11-4-2-3-5-13(11)20/h2-8,22H,9H2,1H3/b15-8-. The number of phenolic OH excluding ortho intramolecular Hbond substituents is 1. The van der Waals surface area contributed by atoms with Gasteiger partial charge in [0.25, 0.3) is 11.1 Å². The van der Waals surface area contributed by atoms with Crippen molar-refractivity contribution in [3.63, 3.8) is 0 Å². The second-order valence-corrected chi connectivity index (χ2v) is 7.26. The number of rotatable bonds is 4. The average Bonchev–Trinajstić information content (AvgIpc) is 2.87. The number of ether oxygens (including phenoxy) is 1. The quantitative estimate of drug-likeness (QED) is 0.711. The third-order valence-electron chi connectivity index (χ3n) is 3.73. The van der Waals surface area contributed by atoms with Crippen LogP contribution in [-0.4, -0.2) is 28.3 Å². The number of hydrogen-bond donors (Lipinski definition) is 1. The molecule has 0 saturated carbocycles. The molecule has 0 aliphatic carbocycles. The van der Waals surface area contributed by atoms with Gasteiger partial charge in [-0.2, -0.15) is 0 Å². The Hall–Kier alpha value is -2.32. The van der Waals surface area contributed by atoms with Crippen molar-refractivity contribution < 1.29 is 23.8 Å². The Labute approximate surface area is 161 Å². The second-order valence-electron chi connectivity index (χ2n) is 5.41. The molecule has 1 heterocycles. The van der Waals surface area contributed by atoms with Gasteiger partial charge in [-0.05, 0) is 57.5 Å². The Morgan fingerprint density at radius 3 is 2.73 bits per heavy atom. The Morgan fingerprint density at radius 1 is 1.31 bits per heavy atom. The highest BCUT2D eigenvalue weighted by atomic mass is 79.9. The van der Waals surface area contributed by atoms with Gasteiger partial charge in [0, 0.05) is 5.56 Å². The van der Waals surface area contributed by atoms with Crippen molar-refractivity contribution in [2.75, 3.05) is 7.11 Å². The van der Waals surface area contributed by atoms with E-state index < -0.39 is 17.0 Å². The van der Waals surface area contributed by atoms with Crippen LogP contribution in [0.2, 0.25) is 0 Å². The van der Waals surface area contributed by atoms with Gasteiger partial charge in [-0.3, -0.25) is 14.5 Å². The number of amides is 2. The number of hydrogen-bond acceptors (Lipinski definition) is 5. The van der Waals surface area contributed by atoms with Crippen LogP contribution < -0.4 is 4.74 Å². The van der Waals surface area contributed by atoms with E-state index >= 15 is 0 Å². The highest BCUT2D eigenvalue weighted by Gasteiger charge is 2.35. The summed E-state index contributed by atoms with van der Waals surface area (Å²) in [6.45, 7) is -0.128. The fourth-order valence-corrected chi connectivity index (χ4v) is 3.72. The van der Waals surface area contributed by atoms with E-state index in [4.69, 9.17) is 4.74 Å². The Balaban J connectivity index is 1.88. The van der Waals surface area contributed by atoms with Crippen LogP contribution in [0.4, 0.5) is 9.18 Å². The van der Waals surface area contributed by atoms with Crippen LogP contribution in [0.3, 0.4) is 0 Å². The zero-order valence-electron chi connectivity index (χ0n) is 13.5. The summed E-state index contributed by atoms with van der Waals surface area (Å²) in [4.78, 5) is 25.9. The fourth-order valence-electron chi connectivity index (χ4n) is 2.42. The number of carbonyl (C=O) groups excluding carboxylic acids is 2. The summed E-state index contributed by atoms with van der Waals surface area (Å²) in [5.74, 6) is -0.789. The molecule has 134 valence electrons. The van der Waals surface area contributed by atoms with Crippen molar-refractivity contribution in [2.45, 2.75) is 6.54 Å². The minimum Gasteiger partial charge on any atom is -0.503 e. The van der Waals surface area contributed by atoms with Gasteiger partial charge in [-0.1, -0.05) is 18.2 Å². The van der Waals surface area contributed by atoms with Gasteiger partial charge in [0.1, 0.15) is 5.82 Å². The highest BCUT2D eigenvalue weighted by molar-refractivity contribution is 9.10. The molecule has 1 fully saturated rings. The lowest BCUT2D eigenvalue weighted by Gasteiger charge is -2.12. The lowest BCUT2D eigenvalue weighted by molar-refractivity contribution is -0.123. The van der Waals surface area contributed by atoms with Gasteiger partial charge in [0.15, 0.2) is 11.5 Å². The predicted octanol–water partition coefficient (Wildman–Crippen LogP) is 4.54. The molecule has 1 N–H and O–H groups in total. The first-order valence-corrected chi connectivity index (χ1v) is 9.07. The number of imide groups is 1. The van der Waals surface area contributed by atoms with Crippen LogP contribution in [0.25, 0.3) is 6.08 Å². The smallest absolute Gasteiger partial charge is 0.293 e. The molecule has 0 bridgehead atoms. The summed E-state index contributed by atoms with van der Waals surface area (Å²) in [5.41, 5.74) is 0.841. The molecule has 0 unspecified atom stereocenters. The van der Waals surface area contributed by atoms with E-state index in [1.54, 1.807) is 24.3 Å². The van der Waals surface area contributed by atoms with Gasteiger partial charge in [0.2, 0.25) is 0 Å². The molecule has 26 heavy (non-hydrogen) atoms. The molecule has 1 aliphatic heterocycles. The number of benzene rings is 2. The third kappa shape index (κ3) is 3.61. The van der Waals surface area contributed by atoms with Crippen molar-refractivity contribution in [3.8, 4) is 11.5 Å². The average molecular weight is 438 g/mol. The monoisotopic (exact) mass is 437 g/mol. The van der Waals surface area contributed by atoms with Crippen LogP contribution in [0.1, 0.15) is 11.1 Å². The molecule has 0 spiro atoms. The molecule has 2 aromatic rings. The van der Waals surface area contributed by atoms with E-state index in [9.17, 15) is 19.1 Å². The summed E-state index contributed by atoms with van der Waals surface area (Å²) in [7, 11) is 1.41. The predicted molar refractivity (Wildman–Crippen MR) is 100 cm³/mol. The minimum absolute atomic E-state index is 0.0580. The first-order valence-electron chi connectivity index (χ1n) is 7.46. The van der Waals surface area contributed by atoms with E-state index in [0.717, 1.165) is 16.7 Å². The lowest BCUT2D eigenvalue weighted by atomic mass is 10.1. The molecule has 0 radical (unpaired) electrons. The maximum Gasteiger partial charge on any atom is 0.293 e. The molecule has 0 aromatic heterocycles. The highest BCUT2D eigenvalue weighted by Crippen LogP contribution is 2.38. The maximum atomic E-state index is 13.8. The number of aromatic hydroxyl groups is 1. The lowest BCUT2D eigenvalue weighted by Crippen LogP contribution is -2.27. The summed E-state index contributed by atoms with van der Waals surface area (Å²) in [6.07, 6.45) is 1.53. The van der Waals surface area contributed by atoms with E-state index in [0.29, 0.717) is 10.0 Å². The fraction of sp³-hybridized carbons (Fsp3) is 0.111. The van der Waals surface area contributed by atoms with Gasteiger partial charge in [0.05, 0.1) is 23.0 Å². The molecule has 3 rings (SSSR count). The van der Waals surface area contributed by atoms with E-state index in [1.807, 2.05) is 0 Å². The van der Waals surface area contributed by atoms with Gasteiger partial charge >= 0.3 is 0 Å². The van der Waals surface area contributed by atoms with E-state index in [-0.39, 0.29) is 28.5 Å². The molecule has 2 aromatic carbocycles. The van der Waals surface area contributed by atoms with Gasteiger partial charge in [-0.15, -0.1) is 0 Å². The number of thioether (sulfide) groups is 1. The molecule has 8 heteroatoms. The van der Waals surface area contributed by atoms with Crippen molar-refractivity contribution >= 4 is 44.9 Å². The van der Waals surface area contributed by atoms with Crippen LogP contribution >= 0.6 is 27.7 Å². The summed E-state index contributed by atoms with van der Waals surface area (Å²) in [6, 6.07) is 9.15. The zero-order valence-corrected chi connectivity index (χ0v) is 15.9. The molecular weight excluding hydrogens is 425 g/mol. The van der Waals surface area contributed by atoms with E-state index in [1.165, 1.54) is 25.3 Å². The molecular formula is C18H13BrFNO4S. The number of carbonyl (C=O) groups is 2. The van der Waals surface area contributed by atoms with Gasteiger partial charge < -0.3 is 9.84 Å². The van der Waals surface area contributed by atoms with Crippen molar-refractivity contribution in [3.05, 3.63) is 62.7 Å². The minimum atomic E-state index is -0.494. The summed E-state index contributed by atoms with van der Waals surface area (Å²) < 4.78 is 19.3. The van der Waals surface area contributed by atoms with Crippen molar-refractivity contribution in [1.29, 1.82) is 0 Å². The molecule has 1 aliphatic rings. The molecule has 1 saturated heterocycles. The SMILES string of the molecule is COc1cc(/C=C2\SC(=O)N(Cc3ccccc3F)C2=O)cc(Br)c1O. The normalized spacial score (nSPS) is 15.8. The first kappa shape index (κ1) is 18.5. The second kappa shape index (κ2) is 7.51. The van der Waals surface area contributed by atoms with Crippen molar-refractivity contribution in [1.82, 2.24) is 4.90 Å². The third-order valence-corrected chi connectivity index (χ3v) is 5.24. The Morgan fingerprint density at radius 2 is 2.04 bits per heavy atom. The van der Waals surface area contributed by atoms with Crippen molar-refractivity contribution in [2.24, 2.45) is 0 Å². The van der Waals surface area contributed by atoms with Crippen LogP contribution in [0, 0.1) is 5.82 Å². The molecule has 2 amide bonds. The number of nitrogens with zero attached hydrogens (tertiary/aromatic N) is 1. The number of phenols is 1. The summed E-state index contributed by atoms with van der Waals surface area (Å²) >= 11 is 3.99. The molecule has 0 atom stereocenters. The largest absolute Gasteiger partial charge is 0.503 e. The van der Waals surface area contributed by atoms with E-state index in [2.05, 4.69) is 15.9 Å². The Bertz CT molecular complexity index is 931. The summed E-state index contributed by atoms with van der Waals surface area (Å²) in [5, 5.41) is 9.38. The first-order chi connectivity index (χ1) is 12.4. The zero-order chi connectivity index (χ0) is 18.8. The number of halogens is 2. The van der Waals surface area contributed by atoms with Crippen LogP contribution in [0.15, 0.2) is 45.8 Å². The number of methoxy groups -OCH3 is 1.